The largest absolute Gasteiger partial charge is 0.401 e. The predicted octanol–water partition coefficient (Wildman–Crippen LogP) is 3.28. The van der Waals surface area contributed by atoms with Crippen LogP contribution in [0.3, 0.4) is 0 Å². The molecule has 0 radical (unpaired) electrons. The van der Waals surface area contributed by atoms with Crippen LogP contribution in [0, 0.1) is 5.82 Å². The van der Waals surface area contributed by atoms with E-state index in [2.05, 4.69) is 17.2 Å². The van der Waals surface area contributed by atoms with Crippen molar-refractivity contribution >= 4 is 11.8 Å². The molecule has 3 atom stereocenters. The van der Waals surface area contributed by atoms with Gasteiger partial charge in [0.15, 0.2) is 0 Å². The molecule has 3 saturated heterocycles. The average Bonchev–Trinajstić information content (AvgIpc) is 3.19. The number of ether oxygens (including phenoxy) is 1. The van der Waals surface area contributed by atoms with Crippen LogP contribution in [-0.4, -0.2) is 78.3 Å². The second-order valence-corrected chi connectivity index (χ2v) is 10.8. The van der Waals surface area contributed by atoms with Gasteiger partial charge < -0.3 is 20.3 Å². The Balaban J connectivity index is 1.23. The molecule has 1 unspecified atom stereocenters. The molecule has 1 aromatic carbocycles. The van der Waals surface area contributed by atoms with Gasteiger partial charge in [-0.1, -0.05) is 12.6 Å². The molecule has 7 nitrogen and oxygen atoms in total. The molecule has 5 rings (SSSR count). The molecule has 2 amide bonds. The molecule has 0 aromatic heterocycles. The Kier molecular flexibility index (Phi) is 7.79. The van der Waals surface area contributed by atoms with E-state index in [1.807, 2.05) is 0 Å². The van der Waals surface area contributed by atoms with E-state index in [0.29, 0.717) is 68.6 Å². The minimum absolute atomic E-state index is 0.0345. The number of nitrogens with zero attached hydrogens (tertiary/aromatic N) is 2. The Morgan fingerprint density at radius 1 is 1.13 bits per heavy atom. The third-order valence-corrected chi connectivity index (χ3v) is 8.14. The molecular formula is C27H34F4N4O3. The van der Waals surface area contributed by atoms with Gasteiger partial charge in [-0.15, -0.1) is 0 Å². The Morgan fingerprint density at radius 2 is 1.89 bits per heavy atom. The van der Waals surface area contributed by atoms with Crippen molar-refractivity contribution in [1.29, 1.82) is 0 Å². The molecule has 2 N–H and O–H groups in total. The van der Waals surface area contributed by atoms with Crippen molar-refractivity contribution < 1.29 is 31.9 Å². The fourth-order valence-electron chi connectivity index (χ4n) is 6.15. The van der Waals surface area contributed by atoms with Crippen LogP contribution >= 0.6 is 0 Å². The number of carbonyl (C=O) groups excluding carboxylic acids is 2. The molecular weight excluding hydrogens is 504 g/mol. The van der Waals surface area contributed by atoms with Gasteiger partial charge in [-0.2, -0.15) is 13.2 Å². The molecule has 0 bridgehead atoms. The molecule has 1 aromatic rings. The van der Waals surface area contributed by atoms with Gasteiger partial charge in [0.1, 0.15) is 11.9 Å². The lowest BCUT2D eigenvalue weighted by Gasteiger charge is -2.39. The number of amides is 2. The van der Waals surface area contributed by atoms with Gasteiger partial charge in [-0.25, -0.2) is 4.39 Å². The summed E-state index contributed by atoms with van der Waals surface area (Å²) in [7, 11) is 0. The highest BCUT2D eigenvalue weighted by atomic mass is 19.4. The zero-order valence-electron chi connectivity index (χ0n) is 21.3. The smallest absolute Gasteiger partial charge is 0.376 e. The van der Waals surface area contributed by atoms with Gasteiger partial charge in [0.05, 0.1) is 19.2 Å². The van der Waals surface area contributed by atoms with Crippen molar-refractivity contribution in [3.63, 3.8) is 0 Å². The fraction of sp³-hybridized carbons (Fsp3) is 0.630. The van der Waals surface area contributed by atoms with Crippen molar-refractivity contribution in [2.24, 2.45) is 0 Å². The summed E-state index contributed by atoms with van der Waals surface area (Å²) >= 11 is 0. The maximum absolute atomic E-state index is 15.7. The highest BCUT2D eigenvalue weighted by Gasteiger charge is 2.40. The number of rotatable bonds is 6. The van der Waals surface area contributed by atoms with E-state index in [4.69, 9.17) is 4.74 Å². The van der Waals surface area contributed by atoms with Crippen LogP contribution in [0.15, 0.2) is 24.4 Å². The normalized spacial score (nSPS) is 27.5. The van der Waals surface area contributed by atoms with Crippen molar-refractivity contribution in [2.45, 2.75) is 81.9 Å². The average molecular weight is 539 g/mol. The van der Waals surface area contributed by atoms with Gasteiger partial charge in [0.25, 0.3) is 5.91 Å². The molecule has 0 saturated carbocycles. The number of benzene rings is 1. The van der Waals surface area contributed by atoms with E-state index in [1.54, 1.807) is 12.1 Å². The molecule has 0 spiro atoms. The highest BCUT2D eigenvalue weighted by Crippen LogP contribution is 2.32. The summed E-state index contributed by atoms with van der Waals surface area (Å²) in [5.74, 6) is -1.08. The number of fused-ring (bicyclic) bond motifs is 1. The van der Waals surface area contributed by atoms with Crippen LogP contribution in [0.25, 0.3) is 0 Å². The van der Waals surface area contributed by atoms with Crippen LogP contribution in [-0.2, 0) is 22.5 Å². The minimum atomic E-state index is -4.19. The number of carbonyl (C=O) groups is 2. The zero-order chi connectivity index (χ0) is 27.0. The predicted molar refractivity (Wildman–Crippen MR) is 132 cm³/mol. The molecule has 0 aliphatic carbocycles. The number of allylic oxidation sites excluding steroid dienone is 1. The van der Waals surface area contributed by atoms with Crippen molar-refractivity contribution in [3.8, 4) is 0 Å². The van der Waals surface area contributed by atoms with Gasteiger partial charge >= 0.3 is 6.18 Å². The number of hydrogen-bond donors (Lipinski definition) is 2. The lowest BCUT2D eigenvalue weighted by molar-refractivity contribution is -0.148. The molecule has 4 aliphatic rings. The monoisotopic (exact) mass is 538 g/mol. The molecule has 208 valence electrons. The number of hydrogen-bond acceptors (Lipinski definition) is 5. The standard InChI is InChI=1S/C27H34F4N4O3/c1-16-4-7-22(25(36)32-16)35-14-20-19(26(35)37)6-5-17(24(20)28)13-23-21(3-2-12-38-23)33-18-8-10-34(11-9-18)15-27(29,30)31/h5-6,18,21-23,33H,1-4,7-15H2,(H,32,36)/t21-,22?,23+/m0/s1. The summed E-state index contributed by atoms with van der Waals surface area (Å²) in [5, 5.41) is 6.27. The van der Waals surface area contributed by atoms with Gasteiger partial charge in [0.2, 0.25) is 5.91 Å². The Morgan fingerprint density at radius 3 is 2.61 bits per heavy atom. The molecule has 4 aliphatic heterocycles. The number of alkyl halides is 3. The van der Waals surface area contributed by atoms with Gasteiger partial charge in [0, 0.05) is 41.9 Å². The third kappa shape index (κ3) is 5.89. The summed E-state index contributed by atoms with van der Waals surface area (Å²) in [6, 6.07) is 2.66. The molecule has 4 heterocycles. The second-order valence-electron chi connectivity index (χ2n) is 10.8. The summed E-state index contributed by atoms with van der Waals surface area (Å²) in [4.78, 5) is 28.3. The second kappa shape index (κ2) is 10.9. The van der Waals surface area contributed by atoms with Crippen LogP contribution in [0.5, 0.6) is 0 Å². The molecule has 38 heavy (non-hydrogen) atoms. The first-order valence-corrected chi connectivity index (χ1v) is 13.4. The SMILES string of the molecule is C=C1CCC(N2Cc3c(ccc(C[C@H]4OCCC[C@@H]4NC4CCN(CC(F)(F)F)CC4)c3F)C2=O)C(=O)N1. The van der Waals surface area contributed by atoms with E-state index >= 15 is 4.39 Å². The topological polar surface area (TPSA) is 73.9 Å². The molecule has 11 heteroatoms. The summed E-state index contributed by atoms with van der Waals surface area (Å²) < 4.78 is 59.8. The first-order valence-electron chi connectivity index (χ1n) is 13.4. The first kappa shape index (κ1) is 27.1. The van der Waals surface area contributed by atoms with Crippen molar-refractivity contribution in [2.75, 3.05) is 26.2 Å². The maximum Gasteiger partial charge on any atom is 0.401 e. The van der Waals surface area contributed by atoms with Crippen LogP contribution in [0.2, 0.25) is 0 Å². The lowest BCUT2D eigenvalue weighted by atomic mass is 9.92. The number of likely N-dealkylation sites (tertiary alicyclic amines) is 1. The summed E-state index contributed by atoms with van der Waals surface area (Å²) in [6.45, 7) is 4.26. The Hall–Kier alpha value is -2.50. The number of halogens is 4. The van der Waals surface area contributed by atoms with E-state index in [-0.39, 0.29) is 42.1 Å². The van der Waals surface area contributed by atoms with E-state index < -0.39 is 24.6 Å². The Bertz CT molecular complexity index is 1090. The van der Waals surface area contributed by atoms with Crippen molar-refractivity contribution in [1.82, 2.24) is 20.4 Å². The van der Waals surface area contributed by atoms with Crippen LogP contribution in [0.1, 0.15) is 60.0 Å². The number of piperidine rings is 2. The first-order chi connectivity index (χ1) is 18.1. The summed E-state index contributed by atoms with van der Waals surface area (Å²) in [5.41, 5.74) is 1.67. The maximum atomic E-state index is 15.7. The minimum Gasteiger partial charge on any atom is -0.376 e. The van der Waals surface area contributed by atoms with Gasteiger partial charge in [-0.3, -0.25) is 14.5 Å². The lowest BCUT2D eigenvalue weighted by Crippen LogP contribution is -2.53. The van der Waals surface area contributed by atoms with E-state index in [9.17, 15) is 22.8 Å². The van der Waals surface area contributed by atoms with E-state index in [0.717, 1.165) is 12.8 Å². The molecule has 3 fully saturated rings. The summed E-state index contributed by atoms with van der Waals surface area (Å²) in [6.07, 6.45) is -0.201. The highest BCUT2D eigenvalue weighted by molar-refractivity contribution is 6.01. The van der Waals surface area contributed by atoms with E-state index in [1.165, 1.54) is 9.80 Å². The zero-order valence-corrected chi connectivity index (χ0v) is 21.3. The van der Waals surface area contributed by atoms with Crippen molar-refractivity contribution in [3.05, 3.63) is 46.9 Å². The van der Waals surface area contributed by atoms with Gasteiger partial charge in [-0.05, 0) is 63.2 Å². The quantitative estimate of drug-likeness (QED) is 0.544. The van der Waals surface area contributed by atoms with Crippen LogP contribution in [0.4, 0.5) is 17.6 Å². The Labute approximate surface area is 219 Å². The number of nitrogens with one attached hydrogen (secondary N) is 2. The van der Waals surface area contributed by atoms with Crippen LogP contribution < -0.4 is 10.6 Å². The third-order valence-electron chi connectivity index (χ3n) is 8.14. The fourth-order valence-corrected chi connectivity index (χ4v) is 6.15.